The summed E-state index contributed by atoms with van der Waals surface area (Å²) in [7, 11) is 0. The van der Waals surface area contributed by atoms with Crippen LogP contribution in [0, 0.1) is 0 Å². The SMILES string of the molecule is CCCC1=NN=C=CC=C1SN. The lowest BCUT2D eigenvalue weighted by atomic mass is 10.2. The molecule has 12 heavy (non-hydrogen) atoms. The van der Waals surface area contributed by atoms with Gasteiger partial charge in [0.2, 0.25) is 0 Å². The van der Waals surface area contributed by atoms with Crippen LogP contribution in [0.25, 0.3) is 0 Å². The summed E-state index contributed by atoms with van der Waals surface area (Å²) < 4.78 is 0. The molecule has 0 saturated heterocycles. The zero-order chi connectivity index (χ0) is 8.81. The highest BCUT2D eigenvalue weighted by molar-refractivity contribution is 8.01. The lowest BCUT2D eigenvalue weighted by molar-refractivity contribution is 0.986. The monoisotopic (exact) mass is 181 g/mol. The Bertz CT molecular complexity index is 272. The fraction of sp³-hybridized carbons (Fsp3) is 0.375. The number of rotatable bonds is 3. The van der Waals surface area contributed by atoms with Crippen LogP contribution in [0.4, 0.5) is 0 Å². The molecular formula is C8H11N3S. The summed E-state index contributed by atoms with van der Waals surface area (Å²) in [4.78, 5) is 0.977. The molecule has 0 aromatic heterocycles. The van der Waals surface area contributed by atoms with Gasteiger partial charge >= 0.3 is 0 Å². The minimum atomic E-state index is 0.912. The minimum absolute atomic E-state index is 0.912. The topological polar surface area (TPSA) is 50.7 Å². The van der Waals surface area contributed by atoms with Gasteiger partial charge in [0.15, 0.2) is 0 Å². The number of nitrogens with zero attached hydrogens (tertiary/aromatic N) is 2. The highest BCUT2D eigenvalue weighted by atomic mass is 32.2. The van der Waals surface area contributed by atoms with Gasteiger partial charge in [-0.1, -0.05) is 13.3 Å². The molecule has 1 aliphatic heterocycles. The average Bonchev–Trinajstić information content (AvgIpc) is 2.30. The summed E-state index contributed by atoms with van der Waals surface area (Å²) in [6.45, 7) is 2.10. The number of allylic oxidation sites excluding steroid dienone is 3. The van der Waals surface area contributed by atoms with Crippen LogP contribution in [0.5, 0.6) is 0 Å². The van der Waals surface area contributed by atoms with Gasteiger partial charge < -0.3 is 0 Å². The van der Waals surface area contributed by atoms with E-state index in [-0.39, 0.29) is 0 Å². The van der Waals surface area contributed by atoms with Crippen molar-refractivity contribution < 1.29 is 0 Å². The first kappa shape index (κ1) is 9.26. The summed E-state index contributed by atoms with van der Waals surface area (Å²) >= 11 is 1.21. The average molecular weight is 181 g/mol. The first-order valence-electron chi connectivity index (χ1n) is 3.81. The van der Waals surface area contributed by atoms with Crippen LogP contribution in [0.15, 0.2) is 27.3 Å². The zero-order valence-electron chi connectivity index (χ0n) is 6.95. The van der Waals surface area contributed by atoms with E-state index < -0.39 is 0 Å². The second kappa shape index (κ2) is 4.93. The van der Waals surface area contributed by atoms with Crippen molar-refractivity contribution in [1.82, 2.24) is 0 Å². The summed E-state index contributed by atoms with van der Waals surface area (Å²) in [5, 5.41) is 13.2. The van der Waals surface area contributed by atoms with Gasteiger partial charge in [0, 0.05) is 16.9 Å². The van der Waals surface area contributed by atoms with Gasteiger partial charge in [0.05, 0.1) is 5.71 Å². The van der Waals surface area contributed by atoms with Crippen molar-refractivity contribution in [2.75, 3.05) is 0 Å². The Morgan fingerprint density at radius 1 is 1.67 bits per heavy atom. The van der Waals surface area contributed by atoms with Gasteiger partial charge in [0.1, 0.15) is 0 Å². The van der Waals surface area contributed by atoms with Crippen molar-refractivity contribution in [3.63, 3.8) is 0 Å². The van der Waals surface area contributed by atoms with E-state index in [1.54, 1.807) is 6.08 Å². The molecule has 0 fully saturated rings. The Balaban J connectivity index is 2.82. The van der Waals surface area contributed by atoms with Crippen molar-refractivity contribution in [3.05, 3.63) is 17.1 Å². The third kappa shape index (κ3) is 2.34. The molecule has 0 bridgehead atoms. The van der Waals surface area contributed by atoms with Crippen LogP contribution in [-0.4, -0.2) is 11.6 Å². The molecule has 1 rings (SSSR count). The molecule has 0 radical (unpaired) electrons. The van der Waals surface area contributed by atoms with Gasteiger partial charge in [0.25, 0.3) is 0 Å². The summed E-state index contributed by atoms with van der Waals surface area (Å²) in [5.74, 6) is 2.67. The number of hydrogen-bond donors (Lipinski definition) is 1. The molecule has 3 nitrogen and oxygen atoms in total. The standard InChI is InChI=1S/C8H11N3S/c1-2-4-7-8(12-9)5-3-6-10-11-7/h3,5H,2,4,9H2,1H3. The first-order valence-corrected chi connectivity index (χ1v) is 4.69. The Labute approximate surface area is 76.3 Å². The fourth-order valence-electron chi connectivity index (χ4n) is 0.898. The minimum Gasteiger partial charge on any atom is -0.274 e. The van der Waals surface area contributed by atoms with Gasteiger partial charge in [-0.25, -0.2) is 0 Å². The molecule has 0 aliphatic carbocycles. The molecule has 1 aliphatic rings. The van der Waals surface area contributed by atoms with Gasteiger partial charge in [-0.05, 0) is 24.4 Å². The van der Waals surface area contributed by atoms with E-state index in [9.17, 15) is 0 Å². The number of nitrogens with two attached hydrogens (primary N) is 1. The Morgan fingerprint density at radius 3 is 3.17 bits per heavy atom. The summed E-state index contributed by atoms with van der Waals surface area (Å²) in [6.07, 6.45) is 5.57. The van der Waals surface area contributed by atoms with Crippen molar-refractivity contribution in [3.8, 4) is 0 Å². The van der Waals surface area contributed by atoms with E-state index in [2.05, 4.69) is 23.0 Å². The molecule has 0 spiro atoms. The maximum absolute atomic E-state index is 5.47. The van der Waals surface area contributed by atoms with E-state index in [0.29, 0.717) is 0 Å². The van der Waals surface area contributed by atoms with Crippen LogP contribution < -0.4 is 5.14 Å². The van der Waals surface area contributed by atoms with E-state index in [4.69, 9.17) is 5.14 Å². The van der Waals surface area contributed by atoms with Crippen LogP contribution >= 0.6 is 11.9 Å². The molecule has 0 atom stereocenters. The molecule has 0 unspecified atom stereocenters. The fourth-order valence-corrected chi connectivity index (χ4v) is 1.32. The van der Waals surface area contributed by atoms with E-state index in [0.717, 1.165) is 23.5 Å². The van der Waals surface area contributed by atoms with E-state index in [1.165, 1.54) is 11.9 Å². The maximum Gasteiger partial charge on any atom is 0.0786 e. The van der Waals surface area contributed by atoms with Crippen LogP contribution in [0.3, 0.4) is 0 Å². The molecule has 2 N–H and O–H groups in total. The quantitative estimate of drug-likeness (QED) is 0.676. The molecule has 0 saturated carbocycles. The van der Waals surface area contributed by atoms with E-state index in [1.807, 2.05) is 6.08 Å². The molecular weight excluding hydrogens is 170 g/mol. The zero-order valence-corrected chi connectivity index (χ0v) is 7.77. The normalized spacial score (nSPS) is 15.5. The summed E-state index contributed by atoms with van der Waals surface area (Å²) in [6, 6.07) is 0. The van der Waals surface area contributed by atoms with Gasteiger partial charge in [-0.15, -0.1) is 10.2 Å². The largest absolute Gasteiger partial charge is 0.274 e. The number of hydrogen-bond acceptors (Lipinski definition) is 4. The molecule has 64 valence electrons. The second-order valence-electron chi connectivity index (χ2n) is 2.34. The lowest BCUT2D eigenvalue weighted by Crippen LogP contribution is -2.00. The van der Waals surface area contributed by atoms with E-state index >= 15 is 0 Å². The predicted octanol–water partition coefficient (Wildman–Crippen LogP) is 1.87. The van der Waals surface area contributed by atoms with Crippen molar-refractivity contribution in [2.24, 2.45) is 15.3 Å². The van der Waals surface area contributed by atoms with Crippen LogP contribution in [-0.2, 0) is 0 Å². The van der Waals surface area contributed by atoms with Gasteiger partial charge in [-0.2, -0.15) is 0 Å². The Morgan fingerprint density at radius 2 is 2.50 bits per heavy atom. The molecule has 1 heterocycles. The van der Waals surface area contributed by atoms with Crippen molar-refractivity contribution in [1.29, 1.82) is 0 Å². The molecule has 0 aromatic carbocycles. The highest BCUT2D eigenvalue weighted by Gasteiger charge is 2.05. The van der Waals surface area contributed by atoms with Crippen LogP contribution in [0.2, 0.25) is 0 Å². The van der Waals surface area contributed by atoms with Gasteiger partial charge in [-0.3, -0.25) is 5.14 Å². The first-order chi connectivity index (χ1) is 5.88. The van der Waals surface area contributed by atoms with Crippen LogP contribution in [0.1, 0.15) is 19.8 Å². The highest BCUT2D eigenvalue weighted by Crippen LogP contribution is 2.15. The Kier molecular flexibility index (Phi) is 3.80. The summed E-state index contributed by atoms with van der Waals surface area (Å²) in [5.41, 5.74) is 0.950. The second-order valence-corrected chi connectivity index (χ2v) is 3.02. The third-order valence-corrected chi connectivity index (χ3v) is 2.06. The molecule has 4 heteroatoms. The maximum atomic E-state index is 5.47. The molecule has 0 amide bonds. The predicted molar refractivity (Wildman–Crippen MR) is 54.2 cm³/mol. The molecule has 0 aromatic rings. The third-order valence-electron chi connectivity index (χ3n) is 1.44. The Hall–Kier alpha value is -0.830. The smallest absolute Gasteiger partial charge is 0.0786 e. The van der Waals surface area contributed by atoms with Crippen molar-refractivity contribution >= 4 is 23.5 Å². The lowest BCUT2D eigenvalue weighted by Gasteiger charge is -2.02. The van der Waals surface area contributed by atoms with Crippen molar-refractivity contribution in [2.45, 2.75) is 19.8 Å².